The summed E-state index contributed by atoms with van der Waals surface area (Å²) in [7, 11) is -5.36. The fourth-order valence-corrected chi connectivity index (χ4v) is 2.85. The van der Waals surface area contributed by atoms with E-state index in [1.54, 1.807) is 6.20 Å². The number of nitrogens with two attached hydrogens (primary N) is 1. The van der Waals surface area contributed by atoms with Crippen molar-refractivity contribution in [2.24, 2.45) is 10.7 Å². The number of guanidine groups is 1. The molecule has 1 aromatic heterocycles. The predicted octanol–water partition coefficient (Wildman–Crippen LogP) is 1.90. The summed E-state index contributed by atoms with van der Waals surface area (Å²) in [4.78, 5) is 7.47. The standard InChI is InChI=1S/C17H19F3N4O3S/c18-17(19,20)28(25,26)15-6-4-14(5-7-15)27-12-11-24-16(21)23-10-8-13-3-1-2-9-22-13/h1-7,9H,8,10-12H2,(H3,21,23,24). The second-order valence-corrected chi connectivity index (χ2v) is 7.48. The Balaban J connectivity index is 1.74. The SMILES string of the molecule is NC(=NCCc1ccccn1)NCCOc1ccc(S(=O)(=O)C(F)(F)F)cc1. The van der Waals surface area contributed by atoms with E-state index in [1.807, 2.05) is 18.2 Å². The summed E-state index contributed by atoms with van der Waals surface area (Å²) in [5.74, 6) is 0.458. The van der Waals surface area contributed by atoms with Gasteiger partial charge in [-0.2, -0.15) is 13.2 Å². The van der Waals surface area contributed by atoms with Gasteiger partial charge in [0.2, 0.25) is 0 Å². The van der Waals surface area contributed by atoms with E-state index < -0.39 is 20.2 Å². The summed E-state index contributed by atoms with van der Waals surface area (Å²) < 4.78 is 65.3. The first kappa shape index (κ1) is 21.5. The molecule has 0 bridgehead atoms. The highest BCUT2D eigenvalue weighted by Gasteiger charge is 2.46. The molecule has 2 rings (SSSR count). The second-order valence-electron chi connectivity index (χ2n) is 5.53. The molecule has 0 amide bonds. The van der Waals surface area contributed by atoms with Crippen LogP contribution in [0.1, 0.15) is 5.69 Å². The molecule has 3 N–H and O–H groups in total. The molecule has 152 valence electrons. The largest absolute Gasteiger partial charge is 0.501 e. The molecule has 0 aliphatic heterocycles. The highest BCUT2D eigenvalue weighted by atomic mass is 32.2. The van der Waals surface area contributed by atoms with E-state index in [0.717, 1.165) is 30.0 Å². The lowest BCUT2D eigenvalue weighted by atomic mass is 10.3. The minimum absolute atomic E-state index is 0.155. The number of hydrogen-bond acceptors (Lipinski definition) is 5. The van der Waals surface area contributed by atoms with Crippen LogP contribution in [0, 0.1) is 0 Å². The van der Waals surface area contributed by atoms with Gasteiger partial charge in [-0.1, -0.05) is 6.07 Å². The average molecular weight is 416 g/mol. The molecular weight excluding hydrogens is 397 g/mol. The van der Waals surface area contributed by atoms with Crippen LogP contribution in [0.3, 0.4) is 0 Å². The van der Waals surface area contributed by atoms with Crippen molar-refractivity contribution in [3.63, 3.8) is 0 Å². The van der Waals surface area contributed by atoms with Gasteiger partial charge >= 0.3 is 5.51 Å². The topological polar surface area (TPSA) is 107 Å². The van der Waals surface area contributed by atoms with E-state index in [0.29, 0.717) is 19.5 Å². The van der Waals surface area contributed by atoms with Gasteiger partial charge in [0.1, 0.15) is 12.4 Å². The highest BCUT2D eigenvalue weighted by Crippen LogP contribution is 2.30. The molecule has 0 unspecified atom stereocenters. The number of benzene rings is 1. The van der Waals surface area contributed by atoms with Crippen LogP contribution >= 0.6 is 0 Å². The van der Waals surface area contributed by atoms with E-state index >= 15 is 0 Å². The summed E-state index contributed by atoms with van der Waals surface area (Å²) in [5.41, 5.74) is 1.28. The fourth-order valence-electron chi connectivity index (χ4n) is 2.09. The monoisotopic (exact) mass is 416 g/mol. The van der Waals surface area contributed by atoms with Crippen molar-refractivity contribution < 1.29 is 26.3 Å². The van der Waals surface area contributed by atoms with E-state index in [4.69, 9.17) is 10.5 Å². The molecule has 0 spiro atoms. The number of aliphatic imine (C=N–C) groups is 1. The van der Waals surface area contributed by atoms with Gasteiger partial charge in [0.25, 0.3) is 9.84 Å². The number of aromatic nitrogens is 1. The second kappa shape index (κ2) is 9.40. The smallest absolute Gasteiger partial charge is 0.492 e. The van der Waals surface area contributed by atoms with Crippen LogP contribution in [-0.2, 0) is 16.3 Å². The maximum absolute atomic E-state index is 12.5. The Morgan fingerprint density at radius 1 is 1.18 bits per heavy atom. The number of sulfone groups is 1. The molecule has 0 radical (unpaired) electrons. The molecule has 11 heteroatoms. The lowest BCUT2D eigenvalue weighted by molar-refractivity contribution is -0.0436. The highest BCUT2D eigenvalue weighted by molar-refractivity contribution is 7.92. The van der Waals surface area contributed by atoms with Crippen LogP contribution in [0.4, 0.5) is 13.2 Å². The molecule has 0 aliphatic rings. The molecule has 1 heterocycles. The molecule has 7 nitrogen and oxygen atoms in total. The lowest BCUT2D eigenvalue weighted by Crippen LogP contribution is -2.35. The average Bonchev–Trinajstić information content (AvgIpc) is 2.65. The van der Waals surface area contributed by atoms with E-state index in [1.165, 1.54) is 0 Å². The van der Waals surface area contributed by atoms with Crippen molar-refractivity contribution in [3.8, 4) is 5.75 Å². The first-order chi connectivity index (χ1) is 13.2. The maximum atomic E-state index is 12.5. The Morgan fingerprint density at radius 2 is 1.89 bits per heavy atom. The molecule has 0 atom stereocenters. The van der Waals surface area contributed by atoms with Crippen LogP contribution in [-0.4, -0.2) is 44.6 Å². The lowest BCUT2D eigenvalue weighted by Gasteiger charge is -2.10. The van der Waals surface area contributed by atoms with Gasteiger partial charge in [-0.15, -0.1) is 0 Å². The van der Waals surface area contributed by atoms with Gasteiger partial charge in [-0.05, 0) is 36.4 Å². The van der Waals surface area contributed by atoms with Crippen molar-refractivity contribution in [2.75, 3.05) is 19.7 Å². The van der Waals surface area contributed by atoms with Gasteiger partial charge in [-0.25, -0.2) is 8.42 Å². The molecule has 0 fully saturated rings. The number of hydrogen-bond donors (Lipinski definition) is 2. The zero-order valence-electron chi connectivity index (χ0n) is 14.7. The normalized spacial score (nSPS) is 12.6. The fraction of sp³-hybridized carbons (Fsp3) is 0.294. The van der Waals surface area contributed by atoms with Crippen LogP contribution in [0.5, 0.6) is 5.75 Å². The first-order valence-corrected chi connectivity index (χ1v) is 9.66. The number of halogens is 3. The number of nitrogens with one attached hydrogen (secondary N) is 1. The Morgan fingerprint density at radius 3 is 2.50 bits per heavy atom. The van der Waals surface area contributed by atoms with Gasteiger partial charge < -0.3 is 15.8 Å². The number of pyridine rings is 1. The molecule has 1 aromatic carbocycles. The maximum Gasteiger partial charge on any atom is 0.501 e. The minimum atomic E-state index is -5.36. The van der Waals surface area contributed by atoms with Crippen LogP contribution in [0.2, 0.25) is 0 Å². The van der Waals surface area contributed by atoms with Crippen molar-refractivity contribution in [2.45, 2.75) is 16.8 Å². The van der Waals surface area contributed by atoms with Crippen molar-refractivity contribution in [1.82, 2.24) is 10.3 Å². The summed E-state index contributed by atoms with van der Waals surface area (Å²) in [5, 5.41) is 2.83. The molecular formula is C17H19F3N4O3S. The zero-order valence-corrected chi connectivity index (χ0v) is 15.5. The Hall–Kier alpha value is -2.82. The number of ether oxygens (including phenoxy) is 1. The Labute approximate surface area is 160 Å². The molecule has 28 heavy (non-hydrogen) atoms. The summed E-state index contributed by atoms with van der Waals surface area (Å²) in [6.07, 6.45) is 2.34. The number of rotatable bonds is 8. The van der Waals surface area contributed by atoms with E-state index in [2.05, 4.69) is 15.3 Å². The Bertz CT molecular complexity index is 886. The number of alkyl halides is 3. The van der Waals surface area contributed by atoms with E-state index in [-0.39, 0.29) is 18.3 Å². The summed E-state index contributed by atoms with van der Waals surface area (Å²) >= 11 is 0. The predicted molar refractivity (Wildman–Crippen MR) is 97.6 cm³/mol. The van der Waals surface area contributed by atoms with Gasteiger partial charge in [-0.3, -0.25) is 9.98 Å². The van der Waals surface area contributed by atoms with Gasteiger partial charge in [0.05, 0.1) is 11.4 Å². The molecule has 0 saturated heterocycles. The van der Waals surface area contributed by atoms with Crippen LogP contribution in [0.25, 0.3) is 0 Å². The zero-order chi connectivity index (χ0) is 20.6. The third-order valence-electron chi connectivity index (χ3n) is 3.49. The number of nitrogens with zero attached hydrogens (tertiary/aromatic N) is 2. The van der Waals surface area contributed by atoms with Crippen molar-refractivity contribution in [3.05, 3.63) is 54.4 Å². The molecule has 2 aromatic rings. The van der Waals surface area contributed by atoms with Crippen LogP contribution < -0.4 is 15.8 Å². The third-order valence-corrected chi connectivity index (χ3v) is 4.99. The van der Waals surface area contributed by atoms with E-state index in [9.17, 15) is 21.6 Å². The minimum Gasteiger partial charge on any atom is -0.492 e. The first-order valence-electron chi connectivity index (χ1n) is 8.18. The van der Waals surface area contributed by atoms with Gasteiger partial charge in [0, 0.05) is 24.9 Å². The van der Waals surface area contributed by atoms with Crippen LogP contribution in [0.15, 0.2) is 58.5 Å². The molecule has 0 saturated carbocycles. The Kier molecular flexibility index (Phi) is 7.21. The van der Waals surface area contributed by atoms with Crippen molar-refractivity contribution in [1.29, 1.82) is 0 Å². The molecule has 0 aliphatic carbocycles. The van der Waals surface area contributed by atoms with Gasteiger partial charge in [0.15, 0.2) is 5.96 Å². The quantitative estimate of drug-likeness (QED) is 0.387. The summed E-state index contributed by atoms with van der Waals surface area (Å²) in [6, 6.07) is 9.60. The third kappa shape index (κ3) is 6.12. The summed E-state index contributed by atoms with van der Waals surface area (Å²) in [6.45, 7) is 0.926. The van der Waals surface area contributed by atoms with Crippen molar-refractivity contribution >= 4 is 15.8 Å².